The number of nitrogens with one attached hydrogen (secondary N) is 1. The summed E-state index contributed by atoms with van der Waals surface area (Å²) >= 11 is 0. The third kappa shape index (κ3) is 6.02. The molecule has 112 valence electrons. The lowest BCUT2D eigenvalue weighted by Crippen LogP contribution is -2.35. The highest BCUT2D eigenvalue weighted by molar-refractivity contribution is 5.77. The lowest BCUT2D eigenvalue weighted by molar-refractivity contribution is -0.123. The van der Waals surface area contributed by atoms with Gasteiger partial charge in [0.25, 0.3) is 5.91 Å². The molecule has 0 aliphatic rings. The van der Waals surface area contributed by atoms with Gasteiger partial charge in [0.1, 0.15) is 5.75 Å². The molecule has 20 heavy (non-hydrogen) atoms. The van der Waals surface area contributed by atoms with E-state index in [9.17, 15) is 4.79 Å². The van der Waals surface area contributed by atoms with E-state index < -0.39 is 0 Å². The molecule has 3 N–H and O–H groups in total. The van der Waals surface area contributed by atoms with Crippen LogP contribution in [-0.2, 0) is 11.2 Å². The van der Waals surface area contributed by atoms with Crippen LogP contribution in [0.5, 0.6) is 5.75 Å². The molecule has 0 saturated carbocycles. The normalized spacial score (nSPS) is 13.6. The van der Waals surface area contributed by atoms with Crippen LogP contribution in [0.25, 0.3) is 0 Å². The third-order valence-corrected chi connectivity index (χ3v) is 3.18. The van der Waals surface area contributed by atoms with E-state index in [1.54, 1.807) is 6.20 Å². The summed E-state index contributed by atoms with van der Waals surface area (Å²) in [5, 5.41) is 2.84. The Kier molecular flexibility index (Phi) is 7.01. The van der Waals surface area contributed by atoms with Gasteiger partial charge in [0.2, 0.25) is 0 Å². The summed E-state index contributed by atoms with van der Waals surface area (Å²) in [5.74, 6) is 0.481. The molecule has 0 bridgehead atoms. The Balaban J connectivity index is 2.40. The van der Waals surface area contributed by atoms with E-state index in [0.717, 1.165) is 25.0 Å². The summed E-state index contributed by atoms with van der Waals surface area (Å²) in [5.41, 5.74) is 6.82. The van der Waals surface area contributed by atoms with Gasteiger partial charge in [0.15, 0.2) is 6.61 Å². The molecule has 0 aliphatic carbocycles. The zero-order valence-electron chi connectivity index (χ0n) is 12.6. The largest absolute Gasteiger partial charge is 0.482 e. The highest BCUT2D eigenvalue weighted by Crippen LogP contribution is 2.10. The van der Waals surface area contributed by atoms with Crippen LogP contribution in [0.1, 0.15) is 39.3 Å². The minimum absolute atomic E-state index is 0.0137. The first-order valence-electron chi connectivity index (χ1n) is 7.17. The van der Waals surface area contributed by atoms with Crippen molar-refractivity contribution < 1.29 is 9.53 Å². The van der Waals surface area contributed by atoms with Gasteiger partial charge in [0.05, 0.1) is 6.20 Å². The molecule has 2 unspecified atom stereocenters. The molecular formula is C15H25N3O2. The Morgan fingerprint density at radius 3 is 2.70 bits per heavy atom. The standard InChI is InChI=1S/C15H25N3O2/c1-4-11(3)18-15(19)10-20-14-7-6-13(17-9-14)8-12(16)5-2/h6-7,9,11-12H,4-5,8,10,16H2,1-3H3,(H,18,19). The maximum Gasteiger partial charge on any atom is 0.258 e. The first-order chi connectivity index (χ1) is 9.55. The number of aromatic nitrogens is 1. The van der Waals surface area contributed by atoms with Gasteiger partial charge in [-0.05, 0) is 31.9 Å². The number of nitrogens with two attached hydrogens (primary N) is 1. The van der Waals surface area contributed by atoms with Gasteiger partial charge in [-0.1, -0.05) is 13.8 Å². The van der Waals surface area contributed by atoms with E-state index in [4.69, 9.17) is 10.5 Å². The molecule has 0 radical (unpaired) electrons. The van der Waals surface area contributed by atoms with Crippen molar-refractivity contribution in [2.45, 2.75) is 52.1 Å². The lowest BCUT2D eigenvalue weighted by Gasteiger charge is -2.12. The highest BCUT2D eigenvalue weighted by atomic mass is 16.5. The number of hydrogen-bond acceptors (Lipinski definition) is 4. The van der Waals surface area contributed by atoms with Gasteiger partial charge in [-0.2, -0.15) is 0 Å². The zero-order valence-corrected chi connectivity index (χ0v) is 12.6. The Labute approximate surface area is 120 Å². The smallest absolute Gasteiger partial charge is 0.258 e. The number of pyridine rings is 1. The molecule has 0 spiro atoms. The summed E-state index contributed by atoms with van der Waals surface area (Å²) in [6.45, 7) is 6.05. The van der Waals surface area contributed by atoms with Crippen molar-refractivity contribution in [3.05, 3.63) is 24.0 Å². The van der Waals surface area contributed by atoms with E-state index in [1.165, 1.54) is 0 Å². The molecule has 1 rings (SSSR count). The summed E-state index contributed by atoms with van der Waals surface area (Å²) in [6, 6.07) is 4.01. The van der Waals surface area contributed by atoms with Crippen molar-refractivity contribution >= 4 is 5.91 Å². The molecule has 1 heterocycles. The van der Waals surface area contributed by atoms with Crippen molar-refractivity contribution in [3.63, 3.8) is 0 Å². The van der Waals surface area contributed by atoms with Crippen molar-refractivity contribution in [3.8, 4) is 5.75 Å². The van der Waals surface area contributed by atoms with Gasteiger partial charge >= 0.3 is 0 Å². The van der Waals surface area contributed by atoms with Crippen LogP contribution >= 0.6 is 0 Å². The fourth-order valence-corrected chi connectivity index (χ4v) is 1.60. The van der Waals surface area contributed by atoms with E-state index in [1.807, 2.05) is 26.0 Å². The summed E-state index contributed by atoms with van der Waals surface area (Å²) in [7, 11) is 0. The number of amides is 1. The Hall–Kier alpha value is -1.62. The second kappa shape index (κ2) is 8.53. The molecule has 5 nitrogen and oxygen atoms in total. The van der Waals surface area contributed by atoms with Crippen molar-refractivity contribution in [1.29, 1.82) is 0 Å². The van der Waals surface area contributed by atoms with Crippen LogP contribution in [-0.4, -0.2) is 29.6 Å². The average molecular weight is 279 g/mol. The maximum absolute atomic E-state index is 11.6. The first-order valence-corrected chi connectivity index (χ1v) is 7.17. The molecule has 1 aromatic rings. The van der Waals surface area contributed by atoms with E-state index in [0.29, 0.717) is 5.75 Å². The number of ether oxygens (including phenoxy) is 1. The minimum atomic E-state index is -0.114. The summed E-state index contributed by atoms with van der Waals surface area (Å²) in [4.78, 5) is 15.8. The SMILES string of the molecule is CCC(N)Cc1ccc(OCC(=O)NC(C)CC)cn1. The minimum Gasteiger partial charge on any atom is -0.482 e. The average Bonchev–Trinajstić information content (AvgIpc) is 2.46. The molecule has 2 atom stereocenters. The molecule has 1 amide bonds. The van der Waals surface area contributed by atoms with Crippen LogP contribution in [0.3, 0.4) is 0 Å². The van der Waals surface area contributed by atoms with Crippen LogP contribution in [0.2, 0.25) is 0 Å². The molecule has 5 heteroatoms. The monoisotopic (exact) mass is 279 g/mol. The van der Waals surface area contributed by atoms with Gasteiger partial charge in [0, 0.05) is 24.2 Å². The van der Waals surface area contributed by atoms with Crippen molar-refractivity contribution in [1.82, 2.24) is 10.3 Å². The highest BCUT2D eigenvalue weighted by Gasteiger charge is 2.07. The lowest BCUT2D eigenvalue weighted by atomic mass is 10.1. The number of hydrogen-bond donors (Lipinski definition) is 2. The molecule has 0 aromatic carbocycles. The maximum atomic E-state index is 11.6. The second-order valence-corrected chi connectivity index (χ2v) is 5.02. The van der Waals surface area contributed by atoms with E-state index >= 15 is 0 Å². The molecule has 0 aliphatic heterocycles. The molecular weight excluding hydrogens is 254 g/mol. The second-order valence-electron chi connectivity index (χ2n) is 5.02. The van der Waals surface area contributed by atoms with Crippen LogP contribution < -0.4 is 15.8 Å². The Morgan fingerprint density at radius 1 is 1.40 bits per heavy atom. The zero-order chi connectivity index (χ0) is 15.0. The Morgan fingerprint density at radius 2 is 2.15 bits per heavy atom. The Bertz CT molecular complexity index is 406. The predicted octanol–water partition coefficient (Wildman–Crippen LogP) is 1.65. The van der Waals surface area contributed by atoms with Crippen LogP contribution in [0.4, 0.5) is 0 Å². The van der Waals surface area contributed by atoms with Crippen LogP contribution in [0, 0.1) is 0 Å². The van der Waals surface area contributed by atoms with Crippen LogP contribution in [0.15, 0.2) is 18.3 Å². The summed E-state index contributed by atoms with van der Waals surface area (Å²) < 4.78 is 5.39. The fraction of sp³-hybridized carbons (Fsp3) is 0.600. The molecule has 1 aromatic heterocycles. The molecule has 0 fully saturated rings. The van der Waals surface area contributed by atoms with E-state index in [2.05, 4.69) is 17.2 Å². The van der Waals surface area contributed by atoms with Gasteiger partial charge in [-0.25, -0.2) is 0 Å². The van der Waals surface area contributed by atoms with Gasteiger partial charge < -0.3 is 15.8 Å². The number of carbonyl (C=O) groups is 1. The van der Waals surface area contributed by atoms with Crippen molar-refractivity contribution in [2.24, 2.45) is 5.73 Å². The van der Waals surface area contributed by atoms with Gasteiger partial charge in [-0.15, -0.1) is 0 Å². The van der Waals surface area contributed by atoms with Crippen molar-refractivity contribution in [2.75, 3.05) is 6.61 Å². The third-order valence-electron chi connectivity index (χ3n) is 3.18. The fourth-order valence-electron chi connectivity index (χ4n) is 1.60. The first kappa shape index (κ1) is 16.4. The topological polar surface area (TPSA) is 77.2 Å². The number of carbonyl (C=O) groups excluding carboxylic acids is 1. The van der Waals surface area contributed by atoms with Gasteiger partial charge in [-0.3, -0.25) is 9.78 Å². The predicted molar refractivity (Wildman–Crippen MR) is 79.6 cm³/mol. The summed E-state index contributed by atoms with van der Waals surface area (Å²) in [6.07, 6.45) is 4.22. The molecule has 0 saturated heterocycles. The quantitative estimate of drug-likeness (QED) is 0.758. The van der Waals surface area contributed by atoms with E-state index in [-0.39, 0.29) is 24.6 Å². The number of rotatable bonds is 8. The number of nitrogens with zero attached hydrogens (tertiary/aromatic N) is 1.